The first kappa shape index (κ1) is 19.8. The second-order valence-corrected chi connectivity index (χ2v) is 8.13. The molecule has 3 heterocycles. The van der Waals surface area contributed by atoms with E-state index in [1.165, 1.54) is 0 Å². The molecule has 3 aromatic rings. The molecule has 3 aliphatic rings. The first-order valence-electron chi connectivity index (χ1n) is 11.0. The van der Waals surface area contributed by atoms with Crippen LogP contribution in [-0.4, -0.2) is 38.2 Å². The molecule has 7 nitrogen and oxygen atoms in total. The molecular weight excluding hydrogens is 420 g/mol. The summed E-state index contributed by atoms with van der Waals surface area (Å²) in [5, 5.41) is 7.09. The zero-order valence-electron chi connectivity index (χ0n) is 18.5. The van der Waals surface area contributed by atoms with Gasteiger partial charge in [-0.3, -0.25) is 0 Å². The van der Waals surface area contributed by atoms with Crippen LogP contribution in [0.4, 0.5) is 0 Å². The van der Waals surface area contributed by atoms with Gasteiger partial charge in [0.2, 0.25) is 6.23 Å². The van der Waals surface area contributed by atoms with Crippen LogP contribution >= 0.6 is 0 Å². The lowest BCUT2D eigenvalue weighted by Crippen LogP contribution is -2.33. The monoisotopic (exact) mass is 444 g/mol. The minimum atomic E-state index is -0.389. The van der Waals surface area contributed by atoms with Crippen molar-refractivity contribution in [2.24, 2.45) is 5.10 Å². The number of fused-ring (bicyclic) bond motifs is 4. The van der Waals surface area contributed by atoms with Crippen molar-refractivity contribution < 1.29 is 23.7 Å². The molecule has 0 saturated carbocycles. The van der Waals surface area contributed by atoms with Crippen LogP contribution in [0.25, 0.3) is 0 Å². The Morgan fingerprint density at radius 3 is 2.52 bits per heavy atom. The summed E-state index contributed by atoms with van der Waals surface area (Å²) in [7, 11) is 3.26. The van der Waals surface area contributed by atoms with Gasteiger partial charge in [0.25, 0.3) is 0 Å². The molecule has 7 heteroatoms. The minimum Gasteiger partial charge on any atom is -0.493 e. The molecule has 0 bridgehead atoms. The highest BCUT2D eigenvalue weighted by molar-refractivity contribution is 6.02. The summed E-state index contributed by atoms with van der Waals surface area (Å²) < 4.78 is 28.9. The molecule has 3 aromatic carbocycles. The lowest BCUT2D eigenvalue weighted by Gasteiger charge is -2.38. The number of benzene rings is 3. The summed E-state index contributed by atoms with van der Waals surface area (Å²) in [5.74, 6) is 3.75. The Morgan fingerprint density at radius 1 is 0.848 bits per heavy atom. The van der Waals surface area contributed by atoms with Crippen LogP contribution in [0.15, 0.2) is 65.8 Å². The van der Waals surface area contributed by atoms with E-state index in [9.17, 15) is 0 Å². The Bertz CT molecular complexity index is 1240. The van der Waals surface area contributed by atoms with Gasteiger partial charge in [0.15, 0.2) is 23.0 Å². The Kier molecular flexibility index (Phi) is 4.75. The zero-order valence-corrected chi connectivity index (χ0v) is 18.5. The molecule has 0 N–H and O–H groups in total. The quantitative estimate of drug-likeness (QED) is 0.581. The average Bonchev–Trinajstić information content (AvgIpc) is 3.33. The van der Waals surface area contributed by atoms with Crippen molar-refractivity contribution in [3.8, 4) is 28.7 Å². The smallest absolute Gasteiger partial charge is 0.214 e. The van der Waals surface area contributed by atoms with Gasteiger partial charge in [0.05, 0.1) is 26.0 Å². The van der Waals surface area contributed by atoms with Gasteiger partial charge in [0, 0.05) is 23.1 Å². The maximum atomic E-state index is 6.46. The van der Waals surface area contributed by atoms with Crippen LogP contribution in [0.1, 0.15) is 35.4 Å². The molecule has 33 heavy (non-hydrogen) atoms. The Labute approximate surface area is 192 Å². The Morgan fingerprint density at radius 2 is 1.67 bits per heavy atom. The second kappa shape index (κ2) is 7.92. The number of methoxy groups -OCH3 is 2. The zero-order chi connectivity index (χ0) is 22.4. The number of hydrogen-bond donors (Lipinski definition) is 0. The summed E-state index contributed by atoms with van der Waals surface area (Å²) >= 11 is 0. The third-order valence-electron chi connectivity index (χ3n) is 6.27. The predicted octanol–water partition coefficient (Wildman–Crippen LogP) is 4.72. The van der Waals surface area contributed by atoms with E-state index in [1.54, 1.807) is 14.2 Å². The molecule has 168 valence electrons. The minimum absolute atomic E-state index is 0.0660. The average molecular weight is 444 g/mol. The van der Waals surface area contributed by atoms with Crippen molar-refractivity contribution in [3.63, 3.8) is 0 Å². The van der Waals surface area contributed by atoms with Gasteiger partial charge in [0.1, 0.15) is 19.0 Å². The second-order valence-electron chi connectivity index (χ2n) is 8.13. The van der Waals surface area contributed by atoms with Crippen molar-refractivity contribution in [3.05, 3.63) is 77.4 Å². The van der Waals surface area contributed by atoms with Crippen LogP contribution in [0, 0.1) is 0 Å². The van der Waals surface area contributed by atoms with Gasteiger partial charge in [-0.2, -0.15) is 5.10 Å². The highest BCUT2D eigenvalue weighted by Gasteiger charge is 2.41. The van der Waals surface area contributed by atoms with E-state index >= 15 is 0 Å². The third-order valence-corrected chi connectivity index (χ3v) is 6.27. The van der Waals surface area contributed by atoms with Gasteiger partial charge >= 0.3 is 0 Å². The fraction of sp³-hybridized carbons (Fsp3) is 0.269. The molecule has 6 rings (SSSR count). The van der Waals surface area contributed by atoms with Gasteiger partial charge in [-0.15, -0.1) is 0 Å². The number of para-hydroxylation sites is 1. The molecule has 0 spiro atoms. The van der Waals surface area contributed by atoms with Crippen LogP contribution < -0.4 is 23.7 Å². The maximum absolute atomic E-state index is 6.46. The number of ether oxygens (including phenoxy) is 5. The lowest BCUT2D eigenvalue weighted by atomic mass is 9.95. The number of hydrazone groups is 1. The number of hydrogen-bond acceptors (Lipinski definition) is 7. The van der Waals surface area contributed by atoms with E-state index in [0.29, 0.717) is 24.7 Å². The highest BCUT2D eigenvalue weighted by atomic mass is 16.6. The first-order valence-corrected chi connectivity index (χ1v) is 11.0. The molecule has 2 atom stereocenters. The topological polar surface area (TPSA) is 61.8 Å². The van der Waals surface area contributed by atoms with Crippen molar-refractivity contribution in [2.75, 3.05) is 27.4 Å². The van der Waals surface area contributed by atoms with E-state index in [2.05, 4.69) is 11.1 Å². The number of rotatable bonds is 4. The van der Waals surface area contributed by atoms with Crippen LogP contribution in [0.3, 0.4) is 0 Å². The van der Waals surface area contributed by atoms with E-state index in [1.807, 2.05) is 54.6 Å². The largest absolute Gasteiger partial charge is 0.493 e. The third kappa shape index (κ3) is 3.31. The summed E-state index contributed by atoms with van der Waals surface area (Å²) in [5.41, 5.74) is 4.09. The van der Waals surface area contributed by atoms with Crippen LogP contribution in [-0.2, 0) is 0 Å². The molecule has 0 radical (unpaired) electrons. The van der Waals surface area contributed by atoms with E-state index in [4.69, 9.17) is 28.8 Å². The summed E-state index contributed by atoms with van der Waals surface area (Å²) in [6.45, 7) is 1.13. The van der Waals surface area contributed by atoms with Gasteiger partial charge in [-0.1, -0.05) is 18.2 Å². The normalized spacial score (nSPS) is 20.3. The van der Waals surface area contributed by atoms with Gasteiger partial charge in [-0.25, -0.2) is 5.01 Å². The van der Waals surface area contributed by atoms with E-state index in [0.717, 1.165) is 46.1 Å². The molecule has 0 saturated heterocycles. The maximum Gasteiger partial charge on any atom is 0.214 e. The van der Waals surface area contributed by atoms with E-state index in [-0.39, 0.29) is 12.3 Å². The van der Waals surface area contributed by atoms with Gasteiger partial charge in [-0.05, 0) is 42.5 Å². The first-order chi connectivity index (χ1) is 16.2. The van der Waals surface area contributed by atoms with Crippen molar-refractivity contribution in [2.45, 2.75) is 18.7 Å². The molecule has 0 aliphatic carbocycles. The molecule has 3 aliphatic heterocycles. The Hall–Kier alpha value is -3.87. The Balaban J connectivity index is 1.41. The molecule has 0 aromatic heterocycles. The van der Waals surface area contributed by atoms with Crippen LogP contribution in [0.2, 0.25) is 0 Å². The van der Waals surface area contributed by atoms with Crippen molar-refractivity contribution in [1.82, 2.24) is 5.01 Å². The molecule has 0 fully saturated rings. The molecular formula is C26H24N2O5. The lowest BCUT2D eigenvalue weighted by molar-refractivity contribution is -0.0191. The fourth-order valence-electron chi connectivity index (χ4n) is 4.66. The SMILES string of the molecule is COc1ccc([C@H]2Oc3ccccc3[C@H]3CC(c4ccc5c(c4)OCCO5)=NN32)cc1OC. The molecule has 0 amide bonds. The van der Waals surface area contributed by atoms with Crippen LogP contribution in [0.5, 0.6) is 28.7 Å². The summed E-state index contributed by atoms with van der Waals surface area (Å²) in [6.07, 6.45) is 0.378. The van der Waals surface area contributed by atoms with Crippen molar-refractivity contribution in [1.29, 1.82) is 0 Å². The van der Waals surface area contributed by atoms with Crippen molar-refractivity contribution >= 4 is 5.71 Å². The van der Waals surface area contributed by atoms with Gasteiger partial charge < -0.3 is 23.7 Å². The molecule has 0 unspecified atom stereocenters. The summed E-state index contributed by atoms with van der Waals surface area (Å²) in [6, 6.07) is 20.1. The van der Waals surface area contributed by atoms with E-state index < -0.39 is 0 Å². The predicted molar refractivity (Wildman–Crippen MR) is 123 cm³/mol. The highest BCUT2D eigenvalue weighted by Crippen LogP contribution is 2.48. The standard InChI is InChI=1S/C26H24N2O5/c1-29-22-9-8-17(14-24(22)30-2)26-28-20(18-5-3-4-6-21(18)33-26)15-19(27-28)16-7-10-23-25(13-16)32-12-11-31-23/h3-10,13-14,20,26H,11-12,15H2,1-2H3/t20-,26-/m1/s1. The fourth-order valence-corrected chi connectivity index (χ4v) is 4.66. The summed E-state index contributed by atoms with van der Waals surface area (Å²) in [4.78, 5) is 0. The number of nitrogens with zero attached hydrogens (tertiary/aromatic N) is 2.